The van der Waals surface area contributed by atoms with E-state index < -0.39 is 14.6 Å². The van der Waals surface area contributed by atoms with Gasteiger partial charge in [-0.2, -0.15) is 0 Å². The summed E-state index contributed by atoms with van der Waals surface area (Å²) >= 11 is 0. The van der Waals surface area contributed by atoms with Crippen molar-refractivity contribution in [1.29, 1.82) is 0 Å². The molecule has 1 fully saturated rings. The van der Waals surface area contributed by atoms with Crippen molar-refractivity contribution in [3.8, 4) is 0 Å². The molecule has 0 aromatic heterocycles. The lowest BCUT2D eigenvalue weighted by Gasteiger charge is -2.36. The van der Waals surface area contributed by atoms with Crippen molar-refractivity contribution in [2.45, 2.75) is 97.2 Å². The van der Waals surface area contributed by atoms with E-state index >= 15 is 0 Å². The van der Waals surface area contributed by atoms with E-state index in [-0.39, 0.29) is 11.1 Å². The molecule has 0 saturated carbocycles. The Bertz CT molecular complexity index is 528. The fourth-order valence-electron chi connectivity index (χ4n) is 3.15. The molecule has 0 aromatic rings. The van der Waals surface area contributed by atoms with Gasteiger partial charge in [-0.25, -0.2) is 0 Å². The number of hydrogen-bond donors (Lipinski definition) is 1. The van der Waals surface area contributed by atoms with E-state index in [1.54, 1.807) is 0 Å². The Morgan fingerprint density at radius 1 is 1.22 bits per heavy atom. The lowest BCUT2D eigenvalue weighted by atomic mass is 9.92. The molecule has 0 spiro atoms. The number of aliphatic hydroxyl groups excluding tert-OH is 1. The minimum atomic E-state index is -1.65. The number of aliphatic hydroxyl groups is 1. The Labute approximate surface area is 168 Å². The molecule has 1 rings (SSSR count). The van der Waals surface area contributed by atoms with Gasteiger partial charge in [-0.05, 0) is 63.6 Å². The molecule has 3 atom stereocenters. The van der Waals surface area contributed by atoms with Crippen LogP contribution in [-0.4, -0.2) is 32.4 Å². The number of allylic oxidation sites excluding steroid dienone is 4. The van der Waals surface area contributed by atoms with Crippen LogP contribution in [-0.2, 0) is 9.16 Å². The van der Waals surface area contributed by atoms with Crippen molar-refractivity contribution in [2.24, 2.45) is 5.92 Å². The molecule has 0 radical (unpaired) electrons. The fourth-order valence-corrected chi connectivity index (χ4v) is 4.24. The average Bonchev–Trinajstić information content (AvgIpc) is 2.88. The Morgan fingerprint density at radius 2 is 1.89 bits per heavy atom. The summed E-state index contributed by atoms with van der Waals surface area (Å²) in [6.07, 6.45) is 10.4. The van der Waals surface area contributed by atoms with Crippen molar-refractivity contribution < 1.29 is 14.3 Å². The standard InChI is InChI=1S/C23H42O3Si/c1-9-11-18(2)13-14-20-17-22(24)26-21(20)16-19(3)12-10-15-25-27(7,8)23(4,5)6/h9,11,16,20-22,24H,1,10,12-15,17H2,2-8H3/b18-11+,19-16+/t20-,21+,22?/m0/s1. The van der Waals surface area contributed by atoms with E-state index in [0.717, 1.165) is 38.7 Å². The van der Waals surface area contributed by atoms with Crippen molar-refractivity contribution in [1.82, 2.24) is 0 Å². The van der Waals surface area contributed by atoms with E-state index in [9.17, 15) is 5.11 Å². The molecule has 1 unspecified atom stereocenters. The van der Waals surface area contributed by atoms with Crippen LogP contribution in [0.5, 0.6) is 0 Å². The van der Waals surface area contributed by atoms with E-state index in [1.807, 2.05) is 6.08 Å². The lowest BCUT2D eigenvalue weighted by Crippen LogP contribution is -2.40. The molecule has 0 aliphatic carbocycles. The van der Waals surface area contributed by atoms with Crippen molar-refractivity contribution >= 4 is 8.32 Å². The second-order valence-electron chi connectivity index (χ2n) is 9.56. The monoisotopic (exact) mass is 394 g/mol. The maximum Gasteiger partial charge on any atom is 0.191 e. The summed E-state index contributed by atoms with van der Waals surface area (Å²) in [5.74, 6) is 0.381. The van der Waals surface area contributed by atoms with Crippen molar-refractivity contribution in [3.63, 3.8) is 0 Å². The third-order valence-electron chi connectivity index (χ3n) is 6.03. The minimum absolute atomic E-state index is 0.0258. The minimum Gasteiger partial charge on any atom is -0.417 e. The first-order valence-corrected chi connectivity index (χ1v) is 13.3. The highest BCUT2D eigenvalue weighted by Crippen LogP contribution is 2.36. The molecule has 3 nitrogen and oxygen atoms in total. The molecule has 156 valence electrons. The summed E-state index contributed by atoms with van der Waals surface area (Å²) in [5, 5.41) is 10.2. The summed E-state index contributed by atoms with van der Waals surface area (Å²) in [5.41, 5.74) is 2.66. The molecule has 27 heavy (non-hydrogen) atoms. The van der Waals surface area contributed by atoms with Gasteiger partial charge in [0.15, 0.2) is 14.6 Å². The van der Waals surface area contributed by atoms with Gasteiger partial charge in [0.2, 0.25) is 0 Å². The van der Waals surface area contributed by atoms with Gasteiger partial charge in [-0.1, -0.05) is 56.7 Å². The molecule has 1 aliphatic rings. The first-order valence-electron chi connectivity index (χ1n) is 10.4. The Hall–Kier alpha value is -0.683. The van der Waals surface area contributed by atoms with Crippen LogP contribution in [0.4, 0.5) is 0 Å². The summed E-state index contributed by atoms with van der Waals surface area (Å²) < 4.78 is 12.0. The molecular formula is C23H42O3Si. The largest absolute Gasteiger partial charge is 0.417 e. The SMILES string of the molecule is C=C/C=C(\C)CC[C@H]1CC(O)O[C@@H]1/C=C(\C)CCCO[Si](C)(C)C(C)(C)C. The molecule has 4 heteroatoms. The van der Waals surface area contributed by atoms with E-state index in [0.29, 0.717) is 5.92 Å². The predicted molar refractivity (Wildman–Crippen MR) is 118 cm³/mol. The molecule has 0 amide bonds. The van der Waals surface area contributed by atoms with Gasteiger partial charge in [0.05, 0.1) is 6.10 Å². The highest BCUT2D eigenvalue weighted by Gasteiger charge is 2.37. The molecule has 0 bridgehead atoms. The average molecular weight is 395 g/mol. The van der Waals surface area contributed by atoms with Gasteiger partial charge in [0, 0.05) is 13.0 Å². The lowest BCUT2D eigenvalue weighted by molar-refractivity contribution is -0.0791. The van der Waals surface area contributed by atoms with Crippen molar-refractivity contribution in [2.75, 3.05) is 6.61 Å². The van der Waals surface area contributed by atoms with E-state index in [4.69, 9.17) is 9.16 Å². The first-order chi connectivity index (χ1) is 12.5. The van der Waals surface area contributed by atoms with Crippen LogP contribution >= 0.6 is 0 Å². The normalized spacial score (nSPS) is 25.1. The quantitative estimate of drug-likeness (QED) is 0.202. The van der Waals surface area contributed by atoms with E-state index in [2.05, 4.69) is 66.4 Å². The zero-order valence-corrected chi connectivity index (χ0v) is 19.7. The number of hydrogen-bond acceptors (Lipinski definition) is 3. The molecule has 0 aromatic carbocycles. The summed E-state index contributed by atoms with van der Waals surface area (Å²) in [6, 6.07) is 0. The van der Waals surface area contributed by atoms with Gasteiger partial charge in [-0.15, -0.1) is 0 Å². The smallest absolute Gasteiger partial charge is 0.191 e. The summed E-state index contributed by atoms with van der Waals surface area (Å²) in [7, 11) is -1.65. The van der Waals surface area contributed by atoms with Crippen LogP contribution in [0.25, 0.3) is 0 Å². The maximum atomic E-state index is 9.93. The van der Waals surface area contributed by atoms with Crippen LogP contribution in [0.3, 0.4) is 0 Å². The molecular weight excluding hydrogens is 352 g/mol. The molecule has 1 heterocycles. The van der Waals surface area contributed by atoms with Gasteiger partial charge in [0.1, 0.15) is 0 Å². The van der Waals surface area contributed by atoms with Gasteiger partial charge >= 0.3 is 0 Å². The Morgan fingerprint density at radius 3 is 2.48 bits per heavy atom. The fraction of sp³-hybridized carbons (Fsp3) is 0.739. The number of rotatable bonds is 10. The highest BCUT2D eigenvalue weighted by molar-refractivity contribution is 6.74. The van der Waals surface area contributed by atoms with Crippen LogP contribution in [0, 0.1) is 5.92 Å². The second kappa shape index (κ2) is 10.8. The Kier molecular flexibility index (Phi) is 9.70. The van der Waals surface area contributed by atoms with Crippen LogP contribution in [0.15, 0.2) is 36.0 Å². The maximum absolute atomic E-state index is 9.93. The summed E-state index contributed by atoms with van der Waals surface area (Å²) in [6.45, 7) is 20.3. The van der Waals surface area contributed by atoms with Crippen LogP contribution in [0.2, 0.25) is 18.1 Å². The second-order valence-corrected chi connectivity index (χ2v) is 14.4. The molecule has 1 saturated heterocycles. The zero-order valence-electron chi connectivity index (χ0n) is 18.7. The highest BCUT2D eigenvalue weighted by atomic mass is 28.4. The third kappa shape index (κ3) is 8.47. The summed E-state index contributed by atoms with van der Waals surface area (Å²) in [4.78, 5) is 0. The van der Waals surface area contributed by atoms with Gasteiger partial charge in [0.25, 0.3) is 0 Å². The number of ether oxygens (including phenoxy) is 1. The van der Waals surface area contributed by atoms with Gasteiger partial charge < -0.3 is 14.3 Å². The van der Waals surface area contributed by atoms with Crippen LogP contribution < -0.4 is 0 Å². The van der Waals surface area contributed by atoms with E-state index in [1.165, 1.54) is 11.1 Å². The first kappa shape index (κ1) is 24.4. The predicted octanol–water partition coefficient (Wildman–Crippen LogP) is 6.37. The van der Waals surface area contributed by atoms with Gasteiger partial charge in [-0.3, -0.25) is 0 Å². The third-order valence-corrected chi connectivity index (χ3v) is 10.6. The molecule has 1 aliphatic heterocycles. The Balaban J connectivity index is 2.49. The molecule has 1 N–H and O–H groups in total. The van der Waals surface area contributed by atoms with Crippen LogP contribution in [0.1, 0.15) is 66.7 Å². The topological polar surface area (TPSA) is 38.7 Å². The van der Waals surface area contributed by atoms with Crippen molar-refractivity contribution in [3.05, 3.63) is 36.0 Å². The zero-order chi connectivity index (χ0) is 20.7.